The lowest BCUT2D eigenvalue weighted by molar-refractivity contribution is -0.123. The van der Waals surface area contributed by atoms with Gasteiger partial charge in [0.05, 0.1) is 12.6 Å². The van der Waals surface area contributed by atoms with Crippen LogP contribution in [0.1, 0.15) is 33.1 Å². The zero-order chi connectivity index (χ0) is 11.8. The van der Waals surface area contributed by atoms with Crippen molar-refractivity contribution in [2.45, 2.75) is 51.3 Å². The number of nitrogens with one attached hydrogen (secondary N) is 2. The molecule has 0 aliphatic heterocycles. The molecule has 2 aliphatic rings. The fraction of sp³-hybridized carbons (Fsp3) is 0.917. The third kappa shape index (κ3) is 2.38. The fourth-order valence-electron chi connectivity index (χ4n) is 2.35. The molecule has 92 valence electrons. The summed E-state index contributed by atoms with van der Waals surface area (Å²) in [7, 11) is 1.75. The summed E-state index contributed by atoms with van der Waals surface area (Å²) in [6.45, 7) is 4.79. The number of rotatable bonds is 5. The van der Waals surface area contributed by atoms with E-state index in [4.69, 9.17) is 4.74 Å². The molecule has 0 aromatic carbocycles. The molecule has 16 heavy (non-hydrogen) atoms. The van der Waals surface area contributed by atoms with Crippen molar-refractivity contribution in [1.29, 1.82) is 0 Å². The molecule has 2 saturated carbocycles. The maximum atomic E-state index is 11.5. The Hall–Kier alpha value is -0.610. The van der Waals surface area contributed by atoms with E-state index in [0.717, 1.165) is 19.3 Å². The van der Waals surface area contributed by atoms with Gasteiger partial charge in [-0.3, -0.25) is 4.79 Å². The van der Waals surface area contributed by atoms with E-state index in [0.29, 0.717) is 24.7 Å². The van der Waals surface area contributed by atoms with Gasteiger partial charge in [-0.25, -0.2) is 0 Å². The van der Waals surface area contributed by atoms with Gasteiger partial charge in [-0.15, -0.1) is 0 Å². The zero-order valence-electron chi connectivity index (χ0n) is 10.4. The third-order valence-electron chi connectivity index (χ3n) is 3.91. The van der Waals surface area contributed by atoms with Crippen molar-refractivity contribution in [1.82, 2.24) is 10.6 Å². The summed E-state index contributed by atoms with van der Waals surface area (Å²) in [4.78, 5) is 11.5. The van der Waals surface area contributed by atoms with Crippen LogP contribution in [0.3, 0.4) is 0 Å². The zero-order valence-corrected chi connectivity index (χ0v) is 10.4. The van der Waals surface area contributed by atoms with Crippen LogP contribution in [0, 0.1) is 5.41 Å². The molecule has 2 atom stereocenters. The Morgan fingerprint density at radius 1 is 1.44 bits per heavy atom. The van der Waals surface area contributed by atoms with Crippen LogP contribution in [-0.4, -0.2) is 37.7 Å². The van der Waals surface area contributed by atoms with Crippen LogP contribution in [-0.2, 0) is 9.53 Å². The molecule has 4 nitrogen and oxygen atoms in total. The normalized spacial score (nSPS) is 31.9. The highest BCUT2D eigenvalue weighted by molar-refractivity contribution is 5.78. The monoisotopic (exact) mass is 226 g/mol. The molecule has 0 saturated heterocycles. The number of hydrogen-bond donors (Lipinski definition) is 2. The van der Waals surface area contributed by atoms with E-state index >= 15 is 0 Å². The van der Waals surface area contributed by atoms with Crippen LogP contribution >= 0.6 is 0 Å². The highest BCUT2D eigenvalue weighted by Crippen LogP contribution is 2.42. The maximum Gasteiger partial charge on any atom is 0.234 e. The van der Waals surface area contributed by atoms with Crippen molar-refractivity contribution >= 4 is 5.91 Å². The molecule has 1 amide bonds. The predicted octanol–water partition coefficient (Wildman–Crippen LogP) is 0.668. The summed E-state index contributed by atoms with van der Waals surface area (Å²) in [5.41, 5.74) is 0.134. The van der Waals surface area contributed by atoms with Crippen LogP contribution in [0.4, 0.5) is 0 Å². The number of ether oxygens (including phenoxy) is 1. The van der Waals surface area contributed by atoms with E-state index in [1.54, 1.807) is 7.11 Å². The first-order valence-electron chi connectivity index (χ1n) is 6.09. The minimum atomic E-state index is 0.124. The molecule has 2 fully saturated rings. The van der Waals surface area contributed by atoms with E-state index in [1.165, 1.54) is 0 Å². The SMILES string of the molecule is COC1CC(NCC(=O)NC2CC2)C1(C)C. The van der Waals surface area contributed by atoms with Crippen molar-refractivity contribution in [2.75, 3.05) is 13.7 Å². The van der Waals surface area contributed by atoms with Crippen molar-refractivity contribution in [3.05, 3.63) is 0 Å². The topological polar surface area (TPSA) is 50.4 Å². The lowest BCUT2D eigenvalue weighted by Crippen LogP contribution is -2.61. The Morgan fingerprint density at radius 2 is 2.12 bits per heavy atom. The molecule has 0 bridgehead atoms. The van der Waals surface area contributed by atoms with Crippen LogP contribution in [0.25, 0.3) is 0 Å². The number of carbonyl (C=O) groups is 1. The quantitative estimate of drug-likeness (QED) is 0.724. The third-order valence-corrected chi connectivity index (χ3v) is 3.91. The van der Waals surface area contributed by atoms with Gasteiger partial charge >= 0.3 is 0 Å². The number of methoxy groups -OCH3 is 1. The summed E-state index contributed by atoms with van der Waals surface area (Å²) < 4.78 is 5.37. The van der Waals surface area contributed by atoms with Gasteiger partial charge in [0.2, 0.25) is 5.91 Å². The summed E-state index contributed by atoms with van der Waals surface area (Å²) in [6.07, 6.45) is 3.61. The van der Waals surface area contributed by atoms with Gasteiger partial charge in [0.1, 0.15) is 0 Å². The second kappa shape index (κ2) is 4.34. The lowest BCUT2D eigenvalue weighted by Gasteiger charge is -2.51. The molecule has 2 aliphatic carbocycles. The number of hydrogen-bond acceptors (Lipinski definition) is 3. The molecule has 0 radical (unpaired) electrons. The lowest BCUT2D eigenvalue weighted by atomic mass is 9.64. The van der Waals surface area contributed by atoms with E-state index in [-0.39, 0.29) is 11.3 Å². The van der Waals surface area contributed by atoms with Crippen molar-refractivity contribution in [3.63, 3.8) is 0 Å². The second-order valence-corrected chi connectivity index (χ2v) is 5.56. The van der Waals surface area contributed by atoms with Crippen LogP contribution < -0.4 is 10.6 Å². The Morgan fingerprint density at radius 3 is 2.62 bits per heavy atom. The average molecular weight is 226 g/mol. The first-order chi connectivity index (χ1) is 7.54. The minimum absolute atomic E-state index is 0.124. The number of amides is 1. The molecule has 2 unspecified atom stereocenters. The predicted molar refractivity (Wildman–Crippen MR) is 62.2 cm³/mol. The van der Waals surface area contributed by atoms with Crippen molar-refractivity contribution in [3.8, 4) is 0 Å². The van der Waals surface area contributed by atoms with Gasteiger partial charge in [-0.1, -0.05) is 13.8 Å². The summed E-state index contributed by atoms with van der Waals surface area (Å²) >= 11 is 0. The highest BCUT2D eigenvalue weighted by atomic mass is 16.5. The second-order valence-electron chi connectivity index (χ2n) is 5.56. The first-order valence-corrected chi connectivity index (χ1v) is 6.09. The molecule has 0 spiro atoms. The molecule has 0 aromatic rings. The van der Waals surface area contributed by atoms with E-state index in [2.05, 4.69) is 24.5 Å². The van der Waals surface area contributed by atoms with Crippen molar-refractivity contribution < 1.29 is 9.53 Å². The molecule has 2 rings (SSSR count). The van der Waals surface area contributed by atoms with E-state index in [1.807, 2.05) is 0 Å². The Bertz CT molecular complexity index is 274. The highest BCUT2D eigenvalue weighted by Gasteiger charge is 2.48. The van der Waals surface area contributed by atoms with Gasteiger partial charge in [0.25, 0.3) is 0 Å². The Labute approximate surface area is 97.1 Å². The van der Waals surface area contributed by atoms with E-state index < -0.39 is 0 Å². The summed E-state index contributed by atoms with van der Waals surface area (Å²) in [5, 5.41) is 6.29. The van der Waals surface area contributed by atoms with Crippen molar-refractivity contribution in [2.24, 2.45) is 5.41 Å². The van der Waals surface area contributed by atoms with Gasteiger partial charge < -0.3 is 15.4 Å². The largest absolute Gasteiger partial charge is 0.381 e. The number of carbonyl (C=O) groups excluding carboxylic acids is 1. The molecule has 4 heteroatoms. The van der Waals surface area contributed by atoms with Crippen LogP contribution in [0.5, 0.6) is 0 Å². The molecule has 0 aromatic heterocycles. The van der Waals surface area contributed by atoms with Crippen LogP contribution in [0.2, 0.25) is 0 Å². The molecule has 2 N–H and O–H groups in total. The summed E-state index contributed by atoms with van der Waals surface area (Å²) in [6, 6.07) is 0.845. The smallest absolute Gasteiger partial charge is 0.234 e. The van der Waals surface area contributed by atoms with Gasteiger partial charge in [-0.05, 0) is 19.3 Å². The molecular weight excluding hydrogens is 204 g/mol. The standard InChI is InChI=1S/C12H22N2O2/c1-12(2)9(6-10(12)16-3)13-7-11(15)14-8-4-5-8/h8-10,13H,4-7H2,1-3H3,(H,14,15). The fourth-order valence-corrected chi connectivity index (χ4v) is 2.35. The Balaban J connectivity index is 1.68. The minimum Gasteiger partial charge on any atom is -0.381 e. The maximum absolute atomic E-state index is 11.5. The molecular formula is C12H22N2O2. The van der Waals surface area contributed by atoms with Gasteiger partial charge in [0.15, 0.2) is 0 Å². The summed E-state index contributed by atoms with van der Waals surface area (Å²) in [5.74, 6) is 0.124. The Kier molecular flexibility index (Phi) is 3.22. The molecule has 0 heterocycles. The van der Waals surface area contributed by atoms with Gasteiger partial charge in [-0.2, -0.15) is 0 Å². The van der Waals surface area contributed by atoms with Gasteiger partial charge in [0, 0.05) is 24.6 Å². The van der Waals surface area contributed by atoms with Crippen LogP contribution in [0.15, 0.2) is 0 Å². The first kappa shape index (κ1) is 11.9. The van der Waals surface area contributed by atoms with E-state index in [9.17, 15) is 4.79 Å². The average Bonchev–Trinajstić information content (AvgIpc) is 3.00.